The zero-order chi connectivity index (χ0) is 39.4. The summed E-state index contributed by atoms with van der Waals surface area (Å²) in [7, 11) is -0.896. The van der Waals surface area contributed by atoms with E-state index in [0.29, 0.717) is 11.8 Å². The summed E-state index contributed by atoms with van der Waals surface area (Å²) in [5, 5.41) is 0. The maximum absolute atomic E-state index is 2.86. The van der Waals surface area contributed by atoms with Gasteiger partial charge in [0.25, 0.3) is 0 Å². The zero-order valence-electron chi connectivity index (χ0n) is 35.6. The monoisotopic (exact) mass is 829 g/mol. The molecule has 0 aliphatic heterocycles. The molecule has 0 saturated heterocycles. The van der Waals surface area contributed by atoms with Crippen LogP contribution in [0.3, 0.4) is 0 Å². The summed E-state index contributed by atoms with van der Waals surface area (Å²) in [6.07, 6.45) is 15.1. The standard InChI is InChI=1S/C17H22S.C7H7.2C6H5.C4H10.C4H9.3C2H6.Sb/c1-15(2)14-18(3,16-10-6-4-7-11-16)17-12-8-5-9-13-17;1-2-4-6-7-5-3-1;2*1-2-4-6-5-3-1;2*1-4(2)3;3*1-2;/h4-13,15H,14H2,1-3H3;1-3,6-7H,4H2;2*1-5H;4H,1-3H3;4H,1H2,2-3H3;3*1-2H3;. The van der Waals surface area contributed by atoms with Gasteiger partial charge in [-0.05, 0) is 57.9 Å². The van der Waals surface area contributed by atoms with E-state index >= 15 is 0 Å². The first-order chi connectivity index (χ1) is 25.1. The third kappa shape index (κ3) is 16.5. The quantitative estimate of drug-likeness (QED) is 0.147. The molecule has 4 aromatic carbocycles. The van der Waals surface area contributed by atoms with E-state index in [9.17, 15) is 0 Å². The summed E-state index contributed by atoms with van der Waals surface area (Å²) in [4.78, 5) is 2.98. The summed E-state index contributed by atoms with van der Waals surface area (Å²) >= 11 is -2.86. The first kappa shape index (κ1) is 49.3. The van der Waals surface area contributed by atoms with Crippen LogP contribution < -0.4 is 7.02 Å². The van der Waals surface area contributed by atoms with Gasteiger partial charge in [0.05, 0.1) is 0 Å². The van der Waals surface area contributed by atoms with Gasteiger partial charge in [0.1, 0.15) is 0 Å². The van der Waals surface area contributed by atoms with Gasteiger partial charge in [-0.2, -0.15) is 10.0 Å². The molecule has 52 heavy (non-hydrogen) atoms. The number of rotatable bonds is 9. The van der Waals surface area contributed by atoms with Gasteiger partial charge >= 0.3 is 151 Å². The van der Waals surface area contributed by atoms with E-state index in [1.807, 2.05) is 41.5 Å². The Kier molecular flexibility index (Phi) is 27.2. The Labute approximate surface area is 329 Å². The SMILES string of the molecule is CC.CC.CC.CC(C)C.CC(C)CS(C)(c1ccccc1)c1ccccc1.CC(C)[CH2][Sb]([C]1=CC=CCC=C1)([c]1ccccc1)[c]1ccccc1. The van der Waals surface area contributed by atoms with Gasteiger partial charge < -0.3 is 0 Å². The molecule has 0 atom stereocenters. The van der Waals surface area contributed by atoms with Crippen molar-refractivity contribution in [2.45, 2.75) is 111 Å². The molecule has 0 nitrogen and oxygen atoms in total. The van der Waals surface area contributed by atoms with Crippen molar-refractivity contribution in [2.24, 2.45) is 17.8 Å². The van der Waals surface area contributed by atoms with Crippen molar-refractivity contribution in [3.05, 3.63) is 155 Å². The number of hydrogen-bond acceptors (Lipinski definition) is 0. The van der Waals surface area contributed by atoms with E-state index in [0.717, 1.165) is 12.3 Å². The predicted octanol–water partition coefficient (Wildman–Crippen LogP) is 14.8. The third-order valence-corrected chi connectivity index (χ3v) is 25.3. The summed E-state index contributed by atoms with van der Waals surface area (Å²) in [6.45, 7) is 27.9. The molecule has 0 heterocycles. The average Bonchev–Trinajstić information content (AvgIpc) is 3.48. The second-order valence-corrected chi connectivity index (χ2v) is 27.3. The van der Waals surface area contributed by atoms with E-state index in [4.69, 9.17) is 0 Å². The van der Waals surface area contributed by atoms with Crippen LogP contribution in [0.25, 0.3) is 0 Å². The van der Waals surface area contributed by atoms with Crippen LogP contribution >= 0.6 is 10.0 Å². The van der Waals surface area contributed by atoms with E-state index in [1.165, 1.54) is 19.9 Å². The maximum atomic E-state index is 2.44. The van der Waals surface area contributed by atoms with E-state index in [1.54, 1.807) is 10.5 Å². The van der Waals surface area contributed by atoms with E-state index in [-0.39, 0.29) is 0 Å². The Morgan fingerprint density at radius 1 is 0.519 bits per heavy atom. The zero-order valence-corrected chi connectivity index (χ0v) is 39.0. The van der Waals surface area contributed by atoms with Crippen molar-refractivity contribution >= 4 is 35.9 Å². The van der Waals surface area contributed by atoms with Crippen molar-refractivity contribution in [3.63, 3.8) is 0 Å². The van der Waals surface area contributed by atoms with Crippen LogP contribution in [0.4, 0.5) is 0 Å². The molecule has 1 radical (unpaired) electrons. The molecule has 5 rings (SSSR count). The van der Waals surface area contributed by atoms with Crippen LogP contribution in [0.5, 0.6) is 0 Å². The summed E-state index contributed by atoms with van der Waals surface area (Å²) in [5.41, 5.74) is 0. The predicted molar refractivity (Wildman–Crippen MR) is 246 cm³/mol. The van der Waals surface area contributed by atoms with Crippen molar-refractivity contribution in [3.8, 4) is 0 Å². The summed E-state index contributed by atoms with van der Waals surface area (Å²) in [5.74, 6) is 3.48. The summed E-state index contributed by atoms with van der Waals surface area (Å²) < 4.78 is 6.01. The first-order valence-corrected chi connectivity index (χ1v) is 27.8. The topological polar surface area (TPSA) is 0 Å². The van der Waals surface area contributed by atoms with Crippen LogP contribution in [0.2, 0.25) is 4.37 Å². The molecule has 0 unspecified atom stereocenters. The minimum absolute atomic E-state index is 0.679. The van der Waals surface area contributed by atoms with Gasteiger partial charge in [0.15, 0.2) is 0 Å². The molecule has 0 spiro atoms. The van der Waals surface area contributed by atoms with Crippen LogP contribution in [0.1, 0.15) is 96.4 Å². The Morgan fingerprint density at radius 2 is 0.885 bits per heavy atom. The van der Waals surface area contributed by atoms with Crippen LogP contribution in [-0.2, 0) is 0 Å². The molecule has 4 aromatic rings. The summed E-state index contributed by atoms with van der Waals surface area (Å²) in [6, 6.07) is 44.5. The van der Waals surface area contributed by atoms with Crippen LogP contribution in [-0.4, -0.2) is 30.8 Å². The van der Waals surface area contributed by atoms with Crippen molar-refractivity contribution in [1.29, 1.82) is 0 Å². The molecule has 0 bridgehead atoms. The number of benzene rings is 4. The van der Waals surface area contributed by atoms with Gasteiger partial charge in [0, 0.05) is 0 Å². The molecule has 0 amide bonds. The van der Waals surface area contributed by atoms with Crippen molar-refractivity contribution < 1.29 is 0 Å². The average molecular weight is 831 g/mol. The van der Waals surface area contributed by atoms with Gasteiger partial charge in [-0.25, -0.2) is 0 Å². The van der Waals surface area contributed by atoms with Crippen molar-refractivity contribution in [1.82, 2.24) is 0 Å². The molecule has 2 heteroatoms. The first-order valence-electron chi connectivity index (χ1n) is 20.0. The molecule has 1 aliphatic carbocycles. The fourth-order valence-electron chi connectivity index (χ4n) is 5.94. The third-order valence-electron chi connectivity index (χ3n) is 7.63. The fraction of sp³-hybridized carbons (Fsp3) is 0.400. The van der Waals surface area contributed by atoms with Gasteiger partial charge in [-0.15, -0.1) is 0 Å². The van der Waals surface area contributed by atoms with Gasteiger partial charge in [0.2, 0.25) is 0 Å². The molecule has 0 aromatic heterocycles. The van der Waals surface area contributed by atoms with Crippen molar-refractivity contribution in [2.75, 3.05) is 12.0 Å². The molecule has 0 fully saturated rings. The van der Waals surface area contributed by atoms with Crippen LogP contribution in [0.15, 0.2) is 165 Å². The van der Waals surface area contributed by atoms with E-state index < -0.39 is 28.8 Å². The normalized spacial score (nSPS) is 12.1. The molecule has 287 valence electrons. The Hall–Kier alpha value is -2.73. The Morgan fingerprint density at radius 3 is 1.23 bits per heavy atom. The second-order valence-electron chi connectivity index (χ2n) is 13.7. The molecule has 1 aliphatic rings. The Bertz CT molecular complexity index is 1400. The molecule has 0 N–H and O–H groups in total. The van der Waals surface area contributed by atoms with Gasteiger partial charge in [-0.1, -0.05) is 113 Å². The molecular formula is C50H76SSb. The fourth-order valence-corrected chi connectivity index (χ4v) is 22.8. The van der Waals surface area contributed by atoms with Gasteiger partial charge in [-0.3, -0.25) is 0 Å². The molecule has 0 saturated carbocycles. The minimum atomic E-state index is -2.86. The van der Waals surface area contributed by atoms with E-state index in [2.05, 4.69) is 206 Å². The number of hydrogen-bond donors (Lipinski definition) is 0. The number of allylic oxidation sites excluding steroid dienone is 6. The molecular weight excluding hydrogens is 754 g/mol. The van der Waals surface area contributed by atoms with Crippen LogP contribution in [0, 0.1) is 17.8 Å². The Balaban J connectivity index is 0.000000821. The second kappa shape index (κ2) is 28.7.